The summed E-state index contributed by atoms with van der Waals surface area (Å²) in [7, 11) is 1.55. The van der Waals surface area contributed by atoms with Crippen LogP contribution in [0.15, 0.2) is 46.9 Å². The third kappa shape index (κ3) is 3.38. The zero-order chi connectivity index (χ0) is 18.0. The van der Waals surface area contributed by atoms with Crippen LogP contribution in [0.3, 0.4) is 0 Å². The molecule has 0 N–H and O–H groups in total. The Morgan fingerprint density at radius 1 is 1.16 bits per heavy atom. The fraction of sp³-hybridized carbons (Fsp3) is 0.158. The van der Waals surface area contributed by atoms with Gasteiger partial charge in [0, 0.05) is 16.5 Å². The number of carbonyl (C=O) groups is 2. The first-order valence-electron chi connectivity index (χ1n) is 7.52. The summed E-state index contributed by atoms with van der Waals surface area (Å²) in [6.45, 7) is 1.22. The van der Waals surface area contributed by atoms with E-state index in [1.54, 1.807) is 32.2 Å². The number of ketones is 1. The Bertz CT molecular complexity index is 958. The minimum Gasteiger partial charge on any atom is -0.497 e. The summed E-state index contributed by atoms with van der Waals surface area (Å²) < 4.78 is 28.8. The number of Topliss-reactive ketones (excluding diaryl/α,β-unsaturated/α-hetero) is 1. The Morgan fingerprint density at radius 3 is 2.68 bits per heavy atom. The van der Waals surface area contributed by atoms with Gasteiger partial charge in [-0.15, -0.1) is 0 Å². The molecule has 0 aliphatic rings. The molecule has 0 aliphatic carbocycles. The van der Waals surface area contributed by atoms with E-state index in [-0.39, 0.29) is 11.3 Å². The summed E-state index contributed by atoms with van der Waals surface area (Å²) in [5.74, 6) is -1.12. The molecule has 128 valence electrons. The van der Waals surface area contributed by atoms with Crippen molar-refractivity contribution in [2.45, 2.75) is 6.92 Å². The number of rotatable bonds is 5. The van der Waals surface area contributed by atoms with Crippen molar-refractivity contribution < 1.29 is 27.9 Å². The highest BCUT2D eigenvalue weighted by molar-refractivity contribution is 6.00. The number of aryl methyl sites for hydroxylation is 1. The average molecular weight is 342 g/mol. The summed E-state index contributed by atoms with van der Waals surface area (Å²) in [5, 5.41) is 0.725. The van der Waals surface area contributed by atoms with Crippen LogP contribution in [0.2, 0.25) is 0 Å². The van der Waals surface area contributed by atoms with Gasteiger partial charge in [0.15, 0.2) is 12.4 Å². The van der Waals surface area contributed by atoms with E-state index in [2.05, 4.69) is 0 Å². The number of furan rings is 1. The van der Waals surface area contributed by atoms with Crippen LogP contribution in [-0.2, 0) is 4.74 Å². The first-order valence-corrected chi connectivity index (χ1v) is 7.52. The molecule has 0 radical (unpaired) electrons. The average Bonchev–Trinajstić information content (AvgIpc) is 2.95. The van der Waals surface area contributed by atoms with Gasteiger partial charge in [0.05, 0.1) is 7.11 Å². The summed E-state index contributed by atoms with van der Waals surface area (Å²) in [4.78, 5) is 24.2. The molecule has 0 saturated heterocycles. The van der Waals surface area contributed by atoms with Crippen LogP contribution in [0.25, 0.3) is 11.0 Å². The highest BCUT2D eigenvalue weighted by Gasteiger charge is 2.20. The number of hydrogen-bond donors (Lipinski definition) is 0. The monoisotopic (exact) mass is 342 g/mol. The second kappa shape index (κ2) is 6.76. The zero-order valence-corrected chi connectivity index (χ0v) is 13.7. The van der Waals surface area contributed by atoms with Crippen LogP contribution in [0.1, 0.15) is 26.5 Å². The normalized spacial score (nSPS) is 10.7. The van der Waals surface area contributed by atoms with E-state index in [9.17, 15) is 14.0 Å². The number of fused-ring (bicyclic) bond motifs is 1. The van der Waals surface area contributed by atoms with E-state index in [1.165, 1.54) is 18.2 Å². The first-order chi connectivity index (χ1) is 12.0. The molecule has 0 amide bonds. The maximum absolute atomic E-state index is 13.1. The first kappa shape index (κ1) is 16.7. The van der Waals surface area contributed by atoms with Gasteiger partial charge in [0.1, 0.15) is 17.1 Å². The summed E-state index contributed by atoms with van der Waals surface area (Å²) in [6.07, 6.45) is 0. The van der Waals surface area contributed by atoms with Crippen LogP contribution >= 0.6 is 0 Å². The highest BCUT2D eigenvalue weighted by atomic mass is 19.1. The smallest absolute Gasteiger partial charge is 0.375 e. The molecule has 0 aliphatic heterocycles. The maximum atomic E-state index is 13.1. The quantitative estimate of drug-likeness (QED) is 0.519. The third-order valence-corrected chi connectivity index (χ3v) is 3.81. The Morgan fingerprint density at radius 2 is 1.96 bits per heavy atom. The molecule has 25 heavy (non-hydrogen) atoms. The maximum Gasteiger partial charge on any atom is 0.375 e. The molecular weight excluding hydrogens is 327 g/mol. The SMILES string of the molecule is COc1ccc2oc(C(=O)OCC(=O)c3cccc(F)c3)c(C)c2c1. The second-order valence-corrected chi connectivity index (χ2v) is 5.43. The van der Waals surface area contributed by atoms with Crippen molar-refractivity contribution in [1.29, 1.82) is 0 Å². The summed E-state index contributed by atoms with van der Waals surface area (Å²) in [5.41, 5.74) is 1.25. The largest absolute Gasteiger partial charge is 0.497 e. The molecule has 2 aromatic carbocycles. The molecule has 3 rings (SSSR count). The van der Waals surface area contributed by atoms with E-state index >= 15 is 0 Å². The number of methoxy groups -OCH3 is 1. The van der Waals surface area contributed by atoms with Crippen LogP contribution in [-0.4, -0.2) is 25.5 Å². The molecule has 0 fully saturated rings. The molecular formula is C19H15FO5. The third-order valence-electron chi connectivity index (χ3n) is 3.81. The number of ether oxygens (including phenoxy) is 2. The highest BCUT2D eigenvalue weighted by Crippen LogP contribution is 2.29. The fourth-order valence-electron chi connectivity index (χ4n) is 2.46. The molecule has 6 heteroatoms. The van der Waals surface area contributed by atoms with Crippen molar-refractivity contribution in [2.75, 3.05) is 13.7 Å². The van der Waals surface area contributed by atoms with Gasteiger partial charge in [-0.1, -0.05) is 12.1 Å². The molecule has 0 spiro atoms. The lowest BCUT2D eigenvalue weighted by Gasteiger charge is -2.03. The number of halogens is 1. The Balaban J connectivity index is 1.76. The molecule has 1 heterocycles. The fourth-order valence-corrected chi connectivity index (χ4v) is 2.46. The second-order valence-electron chi connectivity index (χ2n) is 5.43. The van der Waals surface area contributed by atoms with Crippen molar-refractivity contribution in [2.24, 2.45) is 0 Å². The van der Waals surface area contributed by atoms with Gasteiger partial charge in [-0.05, 0) is 37.3 Å². The minimum absolute atomic E-state index is 0.0234. The van der Waals surface area contributed by atoms with Crippen molar-refractivity contribution >= 4 is 22.7 Å². The van der Waals surface area contributed by atoms with Gasteiger partial charge >= 0.3 is 5.97 Å². The van der Waals surface area contributed by atoms with Crippen molar-refractivity contribution in [1.82, 2.24) is 0 Å². The Kier molecular flexibility index (Phi) is 4.52. The van der Waals surface area contributed by atoms with Crippen molar-refractivity contribution in [3.63, 3.8) is 0 Å². The van der Waals surface area contributed by atoms with Crippen molar-refractivity contribution in [3.05, 3.63) is 65.2 Å². The summed E-state index contributed by atoms with van der Waals surface area (Å²) >= 11 is 0. The minimum atomic E-state index is -0.752. The molecule has 0 unspecified atom stereocenters. The van der Waals surface area contributed by atoms with Gasteiger partial charge in [-0.2, -0.15) is 0 Å². The Hall–Kier alpha value is -3.15. The van der Waals surface area contributed by atoms with E-state index in [1.807, 2.05) is 0 Å². The zero-order valence-electron chi connectivity index (χ0n) is 13.7. The molecule has 1 aromatic heterocycles. The van der Waals surface area contributed by atoms with E-state index in [0.717, 1.165) is 11.5 Å². The number of esters is 1. The molecule has 0 bridgehead atoms. The number of benzene rings is 2. The molecule has 3 aromatic rings. The van der Waals surface area contributed by atoms with E-state index in [4.69, 9.17) is 13.9 Å². The Labute approximate surface area is 143 Å². The summed E-state index contributed by atoms with van der Waals surface area (Å²) in [6, 6.07) is 10.4. The standard InChI is InChI=1S/C19H15FO5/c1-11-15-9-14(23-2)6-7-17(15)25-18(11)19(22)24-10-16(21)12-4-3-5-13(20)8-12/h3-9H,10H2,1-2H3. The predicted octanol–water partition coefficient (Wildman–Crippen LogP) is 3.93. The van der Waals surface area contributed by atoms with Crippen LogP contribution in [0.4, 0.5) is 4.39 Å². The van der Waals surface area contributed by atoms with E-state index < -0.39 is 24.2 Å². The molecule has 5 nitrogen and oxygen atoms in total. The predicted molar refractivity (Wildman–Crippen MR) is 88.5 cm³/mol. The van der Waals surface area contributed by atoms with Gasteiger partial charge in [0.25, 0.3) is 0 Å². The van der Waals surface area contributed by atoms with Crippen LogP contribution < -0.4 is 4.74 Å². The number of hydrogen-bond acceptors (Lipinski definition) is 5. The molecule has 0 atom stereocenters. The van der Waals surface area contributed by atoms with Crippen LogP contribution in [0.5, 0.6) is 5.75 Å². The van der Waals surface area contributed by atoms with Crippen LogP contribution in [0, 0.1) is 12.7 Å². The van der Waals surface area contributed by atoms with Gasteiger partial charge in [0.2, 0.25) is 5.76 Å². The number of carbonyl (C=O) groups excluding carboxylic acids is 2. The van der Waals surface area contributed by atoms with Crippen molar-refractivity contribution in [3.8, 4) is 5.75 Å². The lowest BCUT2D eigenvalue weighted by Crippen LogP contribution is -2.14. The molecule has 0 saturated carbocycles. The van der Waals surface area contributed by atoms with E-state index in [0.29, 0.717) is 16.9 Å². The lowest BCUT2D eigenvalue weighted by atomic mass is 10.1. The van der Waals surface area contributed by atoms with Gasteiger partial charge < -0.3 is 13.9 Å². The lowest BCUT2D eigenvalue weighted by molar-refractivity contribution is 0.0445. The van der Waals surface area contributed by atoms with Gasteiger partial charge in [-0.25, -0.2) is 9.18 Å². The van der Waals surface area contributed by atoms with Gasteiger partial charge in [-0.3, -0.25) is 4.79 Å². The topological polar surface area (TPSA) is 65.7 Å².